The van der Waals surface area contributed by atoms with Gasteiger partial charge >= 0.3 is 0 Å². The van der Waals surface area contributed by atoms with Crippen LogP contribution in [-0.2, 0) is 0 Å². The zero-order valence-corrected chi connectivity index (χ0v) is 16.0. The number of benzene rings is 1. The summed E-state index contributed by atoms with van der Waals surface area (Å²) in [5.74, 6) is 0. The molecule has 0 amide bonds. The average molecular weight is 392 g/mol. The lowest BCUT2D eigenvalue weighted by Gasteiger charge is -2.02. The maximum atomic E-state index is 4.58. The highest BCUT2D eigenvalue weighted by Crippen LogP contribution is 2.32. The Kier molecular flexibility index (Phi) is 3.51. The molecular formula is C22H16N8. The quantitative estimate of drug-likeness (QED) is 0.473. The van der Waals surface area contributed by atoms with E-state index in [1.54, 1.807) is 6.33 Å². The lowest BCUT2D eigenvalue weighted by atomic mass is 10.0. The van der Waals surface area contributed by atoms with Gasteiger partial charge in [0.25, 0.3) is 0 Å². The van der Waals surface area contributed by atoms with Crippen LogP contribution in [0, 0.1) is 6.92 Å². The number of nitrogens with zero attached hydrogens (tertiary/aromatic N) is 6. The van der Waals surface area contributed by atoms with Crippen LogP contribution in [0.25, 0.3) is 50.0 Å². The lowest BCUT2D eigenvalue weighted by Crippen LogP contribution is -1.91. The Labute approximate surface area is 170 Å². The molecule has 8 nitrogen and oxygen atoms in total. The second kappa shape index (κ2) is 6.35. The molecule has 0 spiro atoms. The van der Waals surface area contributed by atoms with Gasteiger partial charge in [-0.1, -0.05) is 6.07 Å². The summed E-state index contributed by atoms with van der Waals surface area (Å²) in [5, 5.41) is 9.78. The smallest absolute Gasteiger partial charge is 0.116 e. The fraction of sp³-hybridized carbons (Fsp3) is 0.0455. The fourth-order valence-corrected chi connectivity index (χ4v) is 3.77. The predicted octanol–water partition coefficient (Wildman–Crippen LogP) is 4.06. The summed E-state index contributed by atoms with van der Waals surface area (Å²) in [6.07, 6.45) is 12.6. The minimum Gasteiger partial charge on any atom is -0.352 e. The van der Waals surface area contributed by atoms with Crippen LogP contribution < -0.4 is 0 Å². The van der Waals surface area contributed by atoms with Gasteiger partial charge in [0.2, 0.25) is 0 Å². The number of imidazole rings is 1. The normalized spacial score (nSPS) is 11.5. The number of pyridine rings is 1. The predicted molar refractivity (Wildman–Crippen MR) is 114 cm³/mol. The number of aromatic amines is 2. The number of nitrogens with one attached hydrogen (secondary N) is 2. The lowest BCUT2D eigenvalue weighted by molar-refractivity contribution is 1.05. The molecule has 6 rings (SSSR count). The number of aryl methyl sites for hydroxylation is 1. The second-order valence-corrected chi connectivity index (χ2v) is 7.18. The largest absolute Gasteiger partial charge is 0.352 e. The molecule has 0 aliphatic carbocycles. The molecule has 6 aromatic rings. The van der Waals surface area contributed by atoms with Gasteiger partial charge in [-0.2, -0.15) is 5.10 Å². The van der Waals surface area contributed by atoms with Crippen molar-refractivity contribution in [2.45, 2.75) is 6.92 Å². The summed E-state index contributed by atoms with van der Waals surface area (Å²) in [7, 11) is 0. The molecule has 0 unspecified atom stereocenters. The molecule has 0 fully saturated rings. The third-order valence-electron chi connectivity index (χ3n) is 5.23. The Morgan fingerprint density at radius 1 is 0.867 bits per heavy atom. The van der Waals surface area contributed by atoms with Gasteiger partial charge in [-0.05, 0) is 30.7 Å². The van der Waals surface area contributed by atoms with Crippen molar-refractivity contribution in [3.05, 3.63) is 73.6 Å². The zero-order valence-electron chi connectivity index (χ0n) is 16.0. The highest BCUT2D eigenvalue weighted by atomic mass is 15.1. The molecule has 5 heterocycles. The van der Waals surface area contributed by atoms with Crippen molar-refractivity contribution in [3.8, 4) is 28.2 Å². The summed E-state index contributed by atoms with van der Waals surface area (Å²) in [6, 6.07) is 8.28. The van der Waals surface area contributed by atoms with Crippen LogP contribution >= 0.6 is 0 Å². The summed E-state index contributed by atoms with van der Waals surface area (Å²) in [6.45, 7) is 1.97. The van der Waals surface area contributed by atoms with Crippen molar-refractivity contribution in [1.82, 2.24) is 39.7 Å². The van der Waals surface area contributed by atoms with Crippen molar-refractivity contribution in [2.24, 2.45) is 0 Å². The molecule has 0 bridgehead atoms. The van der Waals surface area contributed by atoms with Gasteiger partial charge in [0.15, 0.2) is 0 Å². The van der Waals surface area contributed by atoms with E-state index >= 15 is 0 Å². The molecule has 0 atom stereocenters. The van der Waals surface area contributed by atoms with Crippen LogP contribution in [0.1, 0.15) is 5.69 Å². The average Bonchev–Trinajstić information content (AvgIpc) is 3.51. The van der Waals surface area contributed by atoms with Crippen molar-refractivity contribution in [1.29, 1.82) is 0 Å². The van der Waals surface area contributed by atoms with Crippen LogP contribution in [-0.4, -0.2) is 39.7 Å². The van der Waals surface area contributed by atoms with E-state index in [0.717, 1.165) is 55.7 Å². The molecule has 5 aromatic heterocycles. The first-order chi connectivity index (χ1) is 14.8. The van der Waals surface area contributed by atoms with Crippen molar-refractivity contribution in [3.63, 3.8) is 0 Å². The van der Waals surface area contributed by atoms with Crippen LogP contribution in [0.4, 0.5) is 0 Å². The Bertz CT molecular complexity index is 1510. The van der Waals surface area contributed by atoms with E-state index in [4.69, 9.17) is 0 Å². The maximum Gasteiger partial charge on any atom is 0.116 e. The van der Waals surface area contributed by atoms with Gasteiger partial charge in [0, 0.05) is 34.9 Å². The highest BCUT2D eigenvalue weighted by Gasteiger charge is 2.14. The van der Waals surface area contributed by atoms with Gasteiger partial charge in [0.05, 0.1) is 46.8 Å². The molecule has 0 aliphatic heterocycles. The number of hydrogen-bond acceptors (Lipinski definition) is 5. The van der Waals surface area contributed by atoms with E-state index in [1.165, 1.54) is 6.33 Å². The Hall–Kier alpha value is -4.33. The minimum absolute atomic E-state index is 0.854. The summed E-state index contributed by atoms with van der Waals surface area (Å²) in [4.78, 5) is 20.4. The summed E-state index contributed by atoms with van der Waals surface area (Å²) >= 11 is 0. The van der Waals surface area contributed by atoms with Crippen LogP contribution in [0.2, 0.25) is 0 Å². The molecular weight excluding hydrogens is 376 g/mol. The van der Waals surface area contributed by atoms with Crippen LogP contribution in [0.15, 0.2) is 67.9 Å². The van der Waals surface area contributed by atoms with Crippen LogP contribution in [0.5, 0.6) is 0 Å². The number of aromatic nitrogens is 8. The Morgan fingerprint density at radius 3 is 2.60 bits per heavy atom. The fourth-order valence-electron chi connectivity index (χ4n) is 3.77. The van der Waals surface area contributed by atoms with Crippen LogP contribution in [0.3, 0.4) is 0 Å². The number of fused-ring (bicyclic) bond motifs is 2. The molecule has 144 valence electrons. The molecule has 0 saturated heterocycles. The van der Waals surface area contributed by atoms with Gasteiger partial charge < -0.3 is 9.55 Å². The number of H-pyrrole nitrogens is 2. The van der Waals surface area contributed by atoms with Crippen molar-refractivity contribution in [2.75, 3.05) is 0 Å². The Balaban J connectivity index is 1.52. The number of rotatable bonds is 3. The second-order valence-electron chi connectivity index (χ2n) is 7.18. The molecule has 0 radical (unpaired) electrons. The topological polar surface area (TPSA) is 101 Å². The SMILES string of the molecule is Cc1cn(-c2cncc3[nH]c(-c4n[nH]c5ccc(-c6cncnc6)cc45)cc23)cn1. The first kappa shape index (κ1) is 16.6. The van der Waals surface area contributed by atoms with E-state index in [1.807, 2.05) is 54.6 Å². The molecule has 0 saturated carbocycles. The Morgan fingerprint density at radius 2 is 1.77 bits per heavy atom. The zero-order chi connectivity index (χ0) is 20.1. The van der Waals surface area contributed by atoms with E-state index < -0.39 is 0 Å². The highest BCUT2D eigenvalue weighted by molar-refractivity contribution is 5.99. The standard InChI is InChI=1S/C22H16N8/c1-13-10-30(12-26-13)21-9-23-8-20-16(21)5-19(27-20)22-17-4-14(2-3-18(17)28-29-22)15-6-24-11-25-7-15/h2-12,27H,1H3,(H,28,29). The first-order valence-electron chi connectivity index (χ1n) is 9.48. The van der Waals surface area contributed by atoms with Gasteiger partial charge in [0.1, 0.15) is 12.0 Å². The third kappa shape index (κ3) is 2.58. The van der Waals surface area contributed by atoms with Gasteiger partial charge in [-0.25, -0.2) is 15.0 Å². The van der Waals surface area contributed by atoms with E-state index in [-0.39, 0.29) is 0 Å². The first-order valence-corrected chi connectivity index (χ1v) is 9.48. The molecule has 8 heteroatoms. The van der Waals surface area contributed by atoms with Gasteiger partial charge in [-0.3, -0.25) is 10.1 Å². The summed E-state index contributed by atoms with van der Waals surface area (Å²) in [5.41, 5.74) is 7.61. The van der Waals surface area contributed by atoms with E-state index in [0.29, 0.717) is 0 Å². The molecule has 2 N–H and O–H groups in total. The third-order valence-corrected chi connectivity index (χ3v) is 5.23. The molecule has 0 aliphatic rings. The minimum atomic E-state index is 0.854. The maximum absolute atomic E-state index is 4.58. The van der Waals surface area contributed by atoms with E-state index in [2.05, 4.69) is 47.2 Å². The van der Waals surface area contributed by atoms with Gasteiger partial charge in [-0.15, -0.1) is 0 Å². The van der Waals surface area contributed by atoms with Crippen molar-refractivity contribution < 1.29 is 0 Å². The molecule has 1 aromatic carbocycles. The van der Waals surface area contributed by atoms with Crippen molar-refractivity contribution >= 4 is 21.8 Å². The summed E-state index contributed by atoms with van der Waals surface area (Å²) < 4.78 is 1.98. The number of hydrogen-bond donors (Lipinski definition) is 2. The molecule has 30 heavy (non-hydrogen) atoms. The monoisotopic (exact) mass is 392 g/mol. The van der Waals surface area contributed by atoms with E-state index in [9.17, 15) is 0 Å².